The highest BCUT2D eigenvalue weighted by molar-refractivity contribution is 5.93. The molecule has 0 aliphatic heterocycles. The lowest BCUT2D eigenvalue weighted by atomic mass is 10.2. The van der Waals surface area contributed by atoms with Gasteiger partial charge in [0, 0.05) is 17.8 Å². The van der Waals surface area contributed by atoms with Gasteiger partial charge in [-0.3, -0.25) is 14.6 Å². The van der Waals surface area contributed by atoms with Crippen molar-refractivity contribution in [2.24, 2.45) is 0 Å². The molecule has 0 spiro atoms. The van der Waals surface area contributed by atoms with Gasteiger partial charge in [-0.25, -0.2) is 9.36 Å². The number of rotatable bonds is 2. The number of Topliss-reactive ketones (excluding diaryl/α,β-unsaturated/α-hetero) is 1. The standard InChI is InChI=1S/C15H11N3O3/c1-9(19)11-8-17-15(21)18(14(11)20)12-6-2-4-10-5-3-7-16-13(10)12/h2-8H,1H3,(H,17,21). The van der Waals surface area contributed by atoms with Crippen molar-refractivity contribution in [1.29, 1.82) is 0 Å². The highest BCUT2D eigenvalue weighted by Gasteiger charge is 2.14. The summed E-state index contributed by atoms with van der Waals surface area (Å²) in [5.41, 5.74) is -0.453. The lowest BCUT2D eigenvalue weighted by Gasteiger charge is -2.08. The quantitative estimate of drug-likeness (QED) is 0.717. The third-order valence-corrected chi connectivity index (χ3v) is 3.21. The average molecular weight is 281 g/mol. The van der Waals surface area contributed by atoms with Gasteiger partial charge in [-0.05, 0) is 19.1 Å². The number of fused-ring (bicyclic) bond motifs is 1. The minimum Gasteiger partial charge on any atom is -0.313 e. The molecule has 0 fully saturated rings. The second-order valence-electron chi connectivity index (χ2n) is 4.56. The predicted molar refractivity (Wildman–Crippen MR) is 78.0 cm³/mol. The summed E-state index contributed by atoms with van der Waals surface area (Å²) >= 11 is 0. The number of carbonyl (C=O) groups is 1. The summed E-state index contributed by atoms with van der Waals surface area (Å²) in [4.78, 5) is 42.5. The van der Waals surface area contributed by atoms with Crippen molar-refractivity contribution in [2.45, 2.75) is 6.92 Å². The molecule has 21 heavy (non-hydrogen) atoms. The number of pyridine rings is 1. The molecule has 0 atom stereocenters. The molecule has 0 saturated heterocycles. The number of nitrogens with one attached hydrogen (secondary N) is 1. The molecule has 104 valence electrons. The first-order valence-corrected chi connectivity index (χ1v) is 6.29. The first-order valence-electron chi connectivity index (χ1n) is 6.29. The number of hydrogen-bond donors (Lipinski definition) is 1. The van der Waals surface area contributed by atoms with Crippen molar-refractivity contribution in [3.63, 3.8) is 0 Å². The summed E-state index contributed by atoms with van der Waals surface area (Å²) in [5.74, 6) is -0.404. The van der Waals surface area contributed by atoms with Gasteiger partial charge in [0.05, 0.1) is 16.8 Å². The summed E-state index contributed by atoms with van der Waals surface area (Å²) in [5, 5.41) is 0.800. The van der Waals surface area contributed by atoms with Crippen molar-refractivity contribution in [1.82, 2.24) is 14.5 Å². The van der Waals surface area contributed by atoms with Crippen molar-refractivity contribution in [2.75, 3.05) is 0 Å². The van der Waals surface area contributed by atoms with E-state index in [0.717, 1.165) is 16.2 Å². The maximum atomic E-state index is 12.4. The molecule has 1 N–H and O–H groups in total. The highest BCUT2D eigenvalue weighted by atomic mass is 16.2. The molecule has 0 aliphatic carbocycles. The van der Waals surface area contributed by atoms with Crippen LogP contribution in [0.5, 0.6) is 0 Å². The summed E-state index contributed by atoms with van der Waals surface area (Å²) < 4.78 is 0.937. The van der Waals surface area contributed by atoms with Crippen molar-refractivity contribution in [3.05, 3.63) is 69.1 Å². The number of ketones is 1. The number of carbonyl (C=O) groups excluding carboxylic acids is 1. The van der Waals surface area contributed by atoms with E-state index >= 15 is 0 Å². The number of nitrogens with zero attached hydrogens (tertiary/aromatic N) is 2. The smallest absolute Gasteiger partial charge is 0.313 e. The van der Waals surface area contributed by atoms with Crippen molar-refractivity contribution < 1.29 is 4.79 Å². The van der Waals surface area contributed by atoms with Gasteiger partial charge in [-0.1, -0.05) is 18.2 Å². The number of H-pyrrole nitrogens is 1. The zero-order chi connectivity index (χ0) is 15.0. The van der Waals surface area contributed by atoms with Crippen molar-refractivity contribution >= 4 is 16.7 Å². The van der Waals surface area contributed by atoms with Gasteiger partial charge in [0.1, 0.15) is 0 Å². The second kappa shape index (κ2) is 4.82. The van der Waals surface area contributed by atoms with Crippen LogP contribution in [0, 0.1) is 0 Å². The molecule has 3 aromatic rings. The molecule has 0 radical (unpaired) electrons. The number of aromatic amines is 1. The summed E-state index contributed by atoms with van der Waals surface area (Å²) in [6.07, 6.45) is 2.72. The van der Waals surface area contributed by atoms with E-state index in [9.17, 15) is 14.4 Å². The molecule has 1 aromatic carbocycles. The van der Waals surface area contributed by atoms with E-state index in [2.05, 4.69) is 9.97 Å². The Morgan fingerprint density at radius 2 is 1.95 bits per heavy atom. The van der Waals surface area contributed by atoms with Crippen LogP contribution < -0.4 is 11.2 Å². The van der Waals surface area contributed by atoms with Gasteiger partial charge >= 0.3 is 5.69 Å². The molecule has 0 saturated carbocycles. The largest absolute Gasteiger partial charge is 0.333 e. The Labute approximate surface area is 118 Å². The maximum Gasteiger partial charge on any atom is 0.333 e. The summed E-state index contributed by atoms with van der Waals surface area (Å²) in [7, 11) is 0. The van der Waals surface area contributed by atoms with E-state index in [1.165, 1.54) is 6.92 Å². The van der Waals surface area contributed by atoms with Crippen LogP contribution in [0.25, 0.3) is 16.6 Å². The average Bonchev–Trinajstić information content (AvgIpc) is 2.47. The zero-order valence-electron chi connectivity index (χ0n) is 11.2. The summed E-state index contributed by atoms with van der Waals surface area (Å²) in [6.45, 7) is 1.28. The minimum absolute atomic E-state index is 0.0671. The number of benzene rings is 1. The Kier molecular flexibility index (Phi) is 2.98. The molecule has 0 amide bonds. The Hall–Kier alpha value is -3.02. The number of aromatic nitrogens is 3. The van der Waals surface area contributed by atoms with E-state index in [1.54, 1.807) is 24.4 Å². The van der Waals surface area contributed by atoms with Crippen LogP contribution in [0.2, 0.25) is 0 Å². The normalized spacial score (nSPS) is 10.7. The van der Waals surface area contributed by atoms with E-state index < -0.39 is 17.0 Å². The van der Waals surface area contributed by atoms with E-state index in [0.29, 0.717) is 11.2 Å². The molecule has 0 bridgehead atoms. The van der Waals surface area contributed by atoms with Crippen LogP contribution in [0.4, 0.5) is 0 Å². The molecule has 3 rings (SSSR count). The second-order valence-corrected chi connectivity index (χ2v) is 4.56. The van der Waals surface area contributed by atoms with Crippen LogP contribution in [-0.2, 0) is 0 Å². The Balaban J connectivity index is 2.44. The monoisotopic (exact) mass is 281 g/mol. The fourth-order valence-electron chi connectivity index (χ4n) is 2.21. The SMILES string of the molecule is CC(=O)c1c[nH]c(=O)n(-c2cccc3cccnc23)c1=O. The van der Waals surface area contributed by atoms with Gasteiger partial charge in [0.25, 0.3) is 5.56 Å². The molecule has 6 heteroatoms. The van der Waals surface area contributed by atoms with Crippen LogP contribution in [0.3, 0.4) is 0 Å². The number of hydrogen-bond acceptors (Lipinski definition) is 4. The van der Waals surface area contributed by atoms with Crippen molar-refractivity contribution in [3.8, 4) is 5.69 Å². The van der Waals surface area contributed by atoms with Crippen LogP contribution in [-0.4, -0.2) is 20.3 Å². The molecular formula is C15H11N3O3. The van der Waals surface area contributed by atoms with E-state index in [-0.39, 0.29) is 5.56 Å². The fraction of sp³-hybridized carbons (Fsp3) is 0.0667. The molecule has 6 nitrogen and oxygen atoms in total. The summed E-state index contributed by atoms with van der Waals surface area (Å²) in [6, 6.07) is 8.78. The van der Waals surface area contributed by atoms with Crippen LogP contribution in [0.1, 0.15) is 17.3 Å². The fourth-order valence-corrected chi connectivity index (χ4v) is 2.21. The molecule has 0 aliphatic rings. The molecule has 2 aromatic heterocycles. The lowest BCUT2D eigenvalue weighted by Crippen LogP contribution is -2.36. The highest BCUT2D eigenvalue weighted by Crippen LogP contribution is 2.17. The topological polar surface area (TPSA) is 84.8 Å². The first kappa shape index (κ1) is 13.0. The van der Waals surface area contributed by atoms with Gasteiger partial charge in [0.2, 0.25) is 0 Å². The Morgan fingerprint density at radius 3 is 2.71 bits per heavy atom. The van der Waals surface area contributed by atoms with Crippen LogP contribution >= 0.6 is 0 Å². The van der Waals surface area contributed by atoms with E-state index in [4.69, 9.17) is 0 Å². The van der Waals surface area contributed by atoms with Gasteiger partial charge in [-0.2, -0.15) is 0 Å². The maximum absolute atomic E-state index is 12.4. The number of para-hydroxylation sites is 1. The Morgan fingerprint density at radius 1 is 1.19 bits per heavy atom. The van der Waals surface area contributed by atoms with Gasteiger partial charge < -0.3 is 4.98 Å². The third-order valence-electron chi connectivity index (χ3n) is 3.21. The molecule has 2 heterocycles. The van der Waals surface area contributed by atoms with Gasteiger partial charge in [-0.15, -0.1) is 0 Å². The third kappa shape index (κ3) is 2.06. The zero-order valence-corrected chi connectivity index (χ0v) is 11.2. The van der Waals surface area contributed by atoms with Crippen LogP contribution in [0.15, 0.2) is 52.3 Å². The van der Waals surface area contributed by atoms with Gasteiger partial charge in [0.15, 0.2) is 5.78 Å². The van der Waals surface area contributed by atoms with E-state index in [1.807, 2.05) is 12.1 Å². The molecular weight excluding hydrogens is 270 g/mol. The lowest BCUT2D eigenvalue weighted by molar-refractivity contribution is 0.101. The first-order chi connectivity index (χ1) is 10.1. The predicted octanol–water partition coefficient (Wildman–Crippen LogP) is 1.28. The molecule has 0 unspecified atom stereocenters. The Bertz CT molecular complexity index is 964. The minimum atomic E-state index is -0.649.